The van der Waals surface area contributed by atoms with Gasteiger partial charge in [0.1, 0.15) is 85.0 Å². The molecule has 10 atom stereocenters. The second kappa shape index (κ2) is 37.9. The lowest BCUT2D eigenvalue weighted by atomic mass is 9.94. The van der Waals surface area contributed by atoms with Crippen molar-refractivity contribution in [2.45, 2.75) is 138 Å². The van der Waals surface area contributed by atoms with Gasteiger partial charge >= 0.3 is 24.4 Å². The SMILES string of the molecule is COC12C(=COC(N)=O)c3c(O)c(N)c(C)c(O)c3N1CC1C2N1C(=O)OCc1ccc(NC(=O)[C@H](CCCCN)NC(=O)[C@H](Cc2ccccc2)NC(=O)CN(CCN2C(=O)C=CC2=O)CC(=O)N[C@@H](Cc2ccccc2)C(=O)N[C@@H](CCCCN)C(=O)Nc2ccc(COC(=O)N3C4CN5c6c(O)c(C)c(N)c(O)c6C(=COC(N)=O)C5(OC)C43)cc2)cc1. The average Bonchev–Trinajstić information content (AvgIpc) is 1.49. The Balaban J connectivity index is 0.642. The monoisotopic (exact) mass is 1740 g/mol. The number of hydrogen-bond acceptors (Lipinski definition) is 29. The van der Waals surface area contributed by atoms with E-state index in [0.717, 1.165) is 29.6 Å². The summed E-state index contributed by atoms with van der Waals surface area (Å²) in [7, 11) is 2.70. The van der Waals surface area contributed by atoms with E-state index in [9.17, 15) is 78.0 Å². The number of nitrogens with two attached hydrogens (primary N) is 6. The molecule has 7 aliphatic rings. The number of aromatic hydroxyl groups is 4. The van der Waals surface area contributed by atoms with Crippen LogP contribution in [-0.2, 0) is 92.8 Å². The summed E-state index contributed by atoms with van der Waals surface area (Å²) in [4.78, 5) is 173. The Bertz CT molecular complexity index is 5030. The zero-order valence-corrected chi connectivity index (χ0v) is 69.3. The number of hydrogen-bond donors (Lipinski definition) is 16. The van der Waals surface area contributed by atoms with Crippen molar-refractivity contribution in [3.05, 3.63) is 178 Å². The maximum atomic E-state index is 14.8. The first-order valence-corrected chi connectivity index (χ1v) is 40.7. The standard InChI is InChI=1S/C86H100N18O22/c1-45-67(89)73(111)65-53(43-123-81(91)117)85(121-3)75-59(37-101(85)69(65)71(45)109)103(75)83(119)125-41-49-21-25-51(26-22-49)93-77(113)55(19-11-13-31-87)97-79(115)57(35-47-15-7-5-8-16-47)95-61(105)39-99(33-34-100-63(107)29-30-64(100)108)40-62(106)96-58(36-48-17-9-6-10-18-48)80(116)98-56(20-12-14-32-88)78(114)94-52-27-23-50(24-28-52)42-126-84(120)104-60-38-102-70-66(74(112)68(90)46(2)72(70)110)54(44-124-82(92)118)86(102,122-4)76(60)104/h5-10,15-18,21-30,43-44,55-60,75-76,109-112H,11-14,19-20,31-42,87-90H2,1-4H3,(H2,91,117)(H2,92,118)(H,93,113)(H,94,114)(H,95,105)(H,96,106)(H,97,115)(H,98,116)/t55-,56-,57-,58-,59?,60?,75?,76?,85?,86?,103?,104?/m0/s1. The summed E-state index contributed by atoms with van der Waals surface area (Å²) < 4.78 is 33.9. The average molecular weight is 1740 g/mol. The number of nitrogen functional groups attached to an aromatic ring is 2. The van der Waals surface area contributed by atoms with Gasteiger partial charge in [-0.25, -0.2) is 19.2 Å². The van der Waals surface area contributed by atoms with Gasteiger partial charge in [0.25, 0.3) is 11.8 Å². The van der Waals surface area contributed by atoms with E-state index in [2.05, 4.69) is 31.9 Å². The first kappa shape index (κ1) is 89.5. The van der Waals surface area contributed by atoms with E-state index >= 15 is 0 Å². The molecule has 0 spiro atoms. The molecule has 0 aliphatic carbocycles. The number of fused-ring (bicyclic) bond motifs is 10. The summed E-state index contributed by atoms with van der Waals surface area (Å²) in [6.45, 7) is 1.44. The van der Waals surface area contributed by atoms with Gasteiger partial charge in [-0.3, -0.25) is 58.0 Å². The number of primary amides is 2. The Morgan fingerprint density at radius 1 is 0.508 bits per heavy atom. The molecule has 4 fully saturated rings. The Morgan fingerprint density at radius 3 is 1.25 bits per heavy atom. The number of benzene rings is 6. The zero-order valence-electron chi connectivity index (χ0n) is 69.3. The minimum absolute atomic E-state index is 0.0216. The molecule has 126 heavy (non-hydrogen) atoms. The normalized spacial score (nSPS) is 20.4. The van der Waals surface area contributed by atoms with E-state index in [0.29, 0.717) is 47.9 Å². The number of ether oxygens (including phenoxy) is 6. The Labute approximate surface area is 722 Å². The van der Waals surface area contributed by atoms with Crippen LogP contribution in [0.1, 0.15) is 83.0 Å². The Morgan fingerprint density at radius 2 is 0.889 bits per heavy atom. The molecule has 0 aromatic heterocycles. The highest BCUT2D eigenvalue weighted by atomic mass is 16.6. The van der Waals surface area contributed by atoms with Crippen LogP contribution < -0.4 is 76.1 Å². The van der Waals surface area contributed by atoms with Crippen LogP contribution in [0.15, 0.2) is 134 Å². The highest BCUT2D eigenvalue weighted by Gasteiger charge is 2.77. The van der Waals surface area contributed by atoms with Crippen molar-refractivity contribution < 1.29 is 106 Å². The van der Waals surface area contributed by atoms with Gasteiger partial charge in [0, 0.05) is 87.9 Å². The van der Waals surface area contributed by atoms with Crippen LogP contribution in [0.3, 0.4) is 0 Å². The van der Waals surface area contributed by atoms with E-state index in [-0.39, 0.29) is 157 Å². The molecule has 4 saturated heterocycles. The number of anilines is 6. The number of phenolic OH excluding ortho intramolecular Hbond substituents is 4. The van der Waals surface area contributed by atoms with E-state index in [1.54, 1.807) is 119 Å². The van der Waals surface area contributed by atoms with Crippen LogP contribution >= 0.6 is 0 Å². The lowest BCUT2D eigenvalue weighted by molar-refractivity contribution is -0.137. The third kappa shape index (κ3) is 18.1. The molecule has 0 bridgehead atoms. The summed E-state index contributed by atoms with van der Waals surface area (Å²) in [5.74, 6) is -7.07. The first-order chi connectivity index (χ1) is 60.4. The number of rotatable bonds is 37. The van der Waals surface area contributed by atoms with Gasteiger partial charge in [0.05, 0.1) is 70.2 Å². The van der Waals surface area contributed by atoms with E-state index in [1.165, 1.54) is 42.8 Å². The third-order valence-corrected chi connectivity index (χ3v) is 23.6. The van der Waals surface area contributed by atoms with E-state index in [1.807, 2.05) is 0 Å². The number of nitrogens with one attached hydrogen (secondary N) is 6. The van der Waals surface area contributed by atoms with Gasteiger partial charge in [-0.15, -0.1) is 0 Å². The number of carbonyl (C=O) groups is 12. The quantitative estimate of drug-likeness (QED) is 0.00390. The smallest absolute Gasteiger partial charge is 0.411 e. The number of methoxy groups -OCH3 is 2. The molecular formula is C86H100N18O22. The molecule has 22 N–H and O–H groups in total. The van der Waals surface area contributed by atoms with Crippen LogP contribution in [-0.4, -0.2) is 238 Å². The molecule has 6 aromatic carbocycles. The van der Waals surface area contributed by atoms with Crippen molar-refractivity contribution in [2.24, 2.45) is 22.9 Å². The molecule has 7 heterocycles. The second-order valence-electron chi connectivity index (χ2n) is 31.4. The molecule has 40 nitrogen and oxygen atoms in total. The van der Waals surface area contributed by atoms with Crippen molar-refractivity contribution in [1.29, 1.82) is 0 Å². The van der Waals surface area contributed by atoms with Crippen LogP contribution in [0.25, 0.3) is 11.1 Å². The van der Waals surface area contributed by atoms with Crippen molar-refractivity contribution in [3.8, 4) is 23.0 Å². The maximum absolute atomic E-state index is 14.8. The third-order valence-electron chi connectivity index (χ3n) is 23.6. The van der Waals surface area contributed by atoms with Gasteiger partial charge in [0.15, 0.2) is 11.4 Å². The fraction of sp³-hybridized carbons (Fsp3) is 0.372. The summed E-state index contributed by atoms with van der Waals surface area (Å²) in [6, 6.07) is 22.2. The summed E-state index contributed by atoms with van der Waals surface area (Å²) in [6.07, 6.45) is 1.97. The minimum atomic E-state index is -1.59. The largest absolute Gasteiger partial charge is 0.505 e. The highest BCUT2D eigenvalue weighted by molar-refractivity contribution is 6.13. The highest BCUT2D eigenvalue weighted by Crippen LogP contribution is 2.67. The fourth-order valence-electron chi connectivity index (χ4n) is 17.2. The van der Waals surface area contributed by atoms with Gasteiger partial charge in [-0.1, -0.05) is 84.9 Å². The number of imide groups is 1. The van der Waals surface area contributed by atoms with Crippen LogP contribution in [0.5, 0.6) is 23.0 Å². The lowest BCUT2D eigenvalue weighted by Crippen LogP contribution is -2.56. The number of carbonyl (C=O) groups excluding carboxylic acids is 12. The predicted molar refractivity (Wildman–Crippen MR) is 455 cm³/mol. The van der Waals surface area contributed by atoms with Gasteiger partial charge < -0.3 is 125 Å². The molecule has 13 rings (SSSR count). The molecule has 666 valence electrons. The number of piperazine rings is 2. The van der Waals surface area contributed by atoms with Crippen molar-refractivity contribution in [3.63, 3.8) is 0 Å². The second-order valence-corrected chi connectivity index (χ2v) is 31.4. The number of nitrogens with zero attached hydrogens (tertiary/aromatic N) is 6. The summed E-state index contributed by atoms with van der Waals surface area (Å²) in [5.41, 5.74) is 35.0. The number of amides is 12. The van der Waals surface area contributed by atoms with E-state index < -0.39 is 156 Å². The maximum Gasteiger partial charge on any atom is 0.411 e. The molecular weight excluding hydrogens is 1640 g/mol. The lowest BCUT2D eigenvalue weighted by Gasteiger charge is -2.37. The van der Waals surface area contributed by atoms with Crippen molar-refractivity contribution >= 4 is 117 Å². The fourth-order valence-corrected chi connectivity index (χ4v) is 17.2. The number of unbranched alkanes of at least 4 members (excludes halogenated alkanes) is 2. The zero-order chi connectivity index (χ0) is 90.3. The molecule has 6 unspecified atom stereocenters. The summed E-state index contributed by atoms with van der Waals surface area (Å²) >= 11 is 0. The van der Waals surface area contributed by atoms with Crippen LogP contribution in [0.2, 0.25) is 0 Å². The van der Waals surface area contributed by atoms with Crippen LogP contribution in [0, 0.1) is 13.8 Å². The van der Waals surface area contributed by atoms with Gasteiger partial charge in [0.2, 0.25) is 35.4 Å². The molecule has 6 aromatic rings. The van der Waals surface area contributed by atoms with Crippen LogP contribution in [0.4, 0.5) is 53.3 Å². The predicted octanol–water partition coefficient (Wildman–Crippen LogP) is 2.78. The molecule has 0 saturated carbocycles. The molecule has 40 heteroatoms. The Hall–Kier alpha value is -14.2. The minimum Gasteiger partial charge on any atom is -0.505 e. The molecule has 12 amide bonds. The van der Waals surface area contributed by atoms with Gasteiger partial charge in [-0.2, -0.15) is 0 Å². The first-order valence-electron chi connectivity index (χ1n) is 40.7. The molecule has 0 radical (unpaired) electrons. The number of phenols is 4. The van der Waals surface area contributed by atoms with Gasteiger partial charge in [-0.05, 0) is 112 Å². The topological polar surface area (TPSA) is 588 Å². The van der Waals surface area contributed by atoms with Crippen molar-refractivity contribution in [2.75, 3.05) is 98.5 Å². The van der Waals surface area contributed by atoms with E-state index in [4.69, 9.17) is 62.8 Å². The van der Waals surface area contributed by atoms with Crippen molar-refractivity contribution in [1.82, 2.24) is 40.9 Å². The molecule has 7 aliphatic heterocycles. The summed E-state index contributed by atoms with van der Waals surface area (Å²) in [5, 5.41) is 62.1. The Kier molecular flexibility index (Phi) is 26.9.